The van der Waals surface area contributed by atoms with E-state index in [1.807, 2.05) is 84.9 Å². The minimum Gasteiger partial charge on any atom is -0.443 e. The molecule has 0 radical (unpaired) electrons. The van der Waals surface area contributed by atoms with Gasteiger partial charge in [-0.15, -0.1) is 0 Å². The van der Waals surface area contributed by atoms with E-state index in [9.17, 15) is 14.4 Å². The van der Waals surface area contributed by atoms with Gasteiger partial charge in [0.25, 0.3) is 0 Å². The Morgan fingerprint density at radius 3 is 2.02 bits per heavy atom. The summed E-state index contributed by atoms with van der Waals surface area (Å²) in [6.45, 7) is 2.59. The standard InChI is InChI=1S/C37H40ClN5O4/c1-26(42-36(45)33(21-16-27-8-4-2-5-9-27)40-23-22-28-14-19-32(38)20-15-28)35(44)41-24-29-12-17-31(18-13-29)34(39)43-37(46)47-25-30-10-6-3-7-11-30/h2-15,17-20,26,33,40H,16,21-25H2,1H3,(H,41,44)(H,42,45)(H2,39,43,46)/t26-,33+/m0/s1. The van der Waals surface area contributed by atoms with Gasteiger partial charge in [-0.3, -0.25) is 9.59 Å². The van der Waals surface area contributed by atoms with Crippen molar-refractivity contribution in [2.24, 2.45) is 10.7 Å². The summed E-state index contributed by atoms with van der Waals surface area (Å²) in [6.07, 6.45) is 1.25. The molecule has 0 saturated heterocycles. The van der Waals surface area contributed by atoms with Gasteiger partial charge in [0.15, 0.2) is 0 Å². The van der Waals surface area contributed by atoms with E-state index in [0.29, 0.717) is 30.0 Å². The van der Waals surface area contributed by atoms with Crippen LogP contribution in [-0.4, -0.2) is 42.4 Å². The maximum Gasteiger partial charge on any atom is 0.435 e. The van der Waals surface area contributed by atoms with Crippen molar-refractivity contribution in [2.45, 2.75) is 51.4 Å². The van der Waals surface area contributed by atoms with Crippen LogP contribution in [0.15, 0.2) is 114 Å². The number of carbonyl (C=O) groups is 3. The first kappa shape index (κ1) is 34.9. The van der Waals surface area contributed by atoms with Gasteiger partial charge in [0.05, 0.1) is 6.04 Å². The third kappa shape index (κ3) is 12.0. The number of hydrogen-bond donors (Lipinski definition) is 4. The molecule has 2 atom stereocenters. The first-order chi connectivity index (χ1) is 22.8. The second-order valence-electron chi connectivity index (χ2n) is 11.1. The Morgan fingerprint density at radius 1 is 0.766 bits per heavy atom. The molecular formula is C37H40ClN5O4. The fourth-order valence-corrected chi connectivity index (χ4v) is 4.88. The van der Waals surface area contributed by atoms with E-state index in [1.54, 1.807) is 31.2 Å². The second-order valence-corrected chi connectivity index (χ2v) is 11.5. The number of aryl methyl sites for hydroxylation is 1. The number of amides is 3. The van der Waals surface area contributed by atoms with Crippen LogP contribution in [0, 0.1) is 0 Å². The van der Waals surface area contributed by atoms with E-state index >= 15 is 0 Å². The predicted molar refractivity (Wildman–Crippen MR) is 185 cm³/mol. The van der Waals surface area contributed by atoms with Gasteiger partial charge < -0.3 is 26.4 Å². The average Bonchev–Trinajstić information content (AvgIpc) is 3.09. The van der Waals surface area contributed by atoms with Crippen LogP contribution in [0.3, 0.4) is 0 Å². The Kier molecular flexibility index (Phi) is 13.5. The number of nitrogens with zero attached hydrogens (tertiary/aromatic N) is 1. The van der Waals surface area contributed by atoms with Crippen molar-refractivity contribution in [2.75, 3.05) is 6.54 Å². The molecular weight excluding hydrogens is 614 g/mol. The molecule has 47 heavy (non-hydrogen) atoms. The maximum atomic E-state index is 13.3. The molecule has 0 bridgehead atoms. The van der Waals surface area contributed by atoms with E-state index in [2.05, 4.69) is 20.9 Å². The van der Waals surface area contributed by atoms with Crippen LogP contribution in [0.2, 0.25) is 5.02 Å². The highest BCUT2D eigenvalue weighted by Gasteiger charge is 2.22. The zero-order valence-electron chi connectivity index (χ0n) is 26.3. The van der Waals surface area contributed by atoms with Crippen molar-refractivity contribution in [3.8, 4) is 0 Å². The molecule has 0 heterocycles. The van der Waals surface area contributed by atoms with Crippen LogP contribution < -0.4 is 21.7 Å². The van der Waals surface area contributed by atoms with Gasteiger partial charge in [0.2, 0.25) is 11.8 Å². The van der Waals surface area contributed by atoms with Crippen molar-refractivity contribution in [1.29, 1.82) is 0 Å². The molecule has 5 N–H and O–H groups in total. The molecule has 0 aromatic heterocycles. The SMILES string of the molecule is C[C@H](NC(=O)[C@@H](CCc1ccccc1)NCCc1ccc(Cl)cc1)C(=O)NCc1ccc(C(N)=NC(=O)OCc2ccccc2)cc1. The first-order valence-electron chi connectivity index (χ1n) is 15.5. The van der Waals surface area contributed by atoms with Gasteiger partial charge in [-0.2, -0.15) is 4.99 Å². The Morgan fingerprint density at radius 2 is 1.36 bits per heavy atom. The molecule has 0 saturated carbocycles. The molecule has 0 unspecified atom stereocenters. The van der Waals surface area contributed by atoms with Crippen LogP contribution >= 0.6 is 11.6 Å². The summed E-state index contributed by atoms with van der Waals surface area (Å²) in [5.74, 6) is -0.521. The Bertz CT molecular complexity index is 1610. The van der Waals surface area contributed by atoms with Crippen molar-refractivity contribution >= 4 is 35.3 Å². The highest BCUT2D eigenvalue weighted by molar-refractivity contribution is 6.30. The second kappa shape index (κ2) is 18.2. The van der Waals surface area contributed by atoms with E-state index in [4.69, 9.17) is 22.1 Å². The number of ether oxygens (including phenoxy) is 1. The lowest BCUT2D eigenvalue weighted by Crippen LogP contribution is -2.52. The normalized spacial score (nSPS) is 12.5. The molecule has 4 aromatic carbocycles. The maximum absolute atomic E-state index is 13.3. The monoisotopic (exact) mass is 653 g/mol. The van der Waals surface area contributed by atoms with Gasteiger partial charge in [0, 0.05) is 17.1 Å². The summed E-state index contributed by atoms with van der Waals surface area (Å²) in [7, 11) is 0. The summed E-state index contributed by atoms with van der Waals surface area (Å²) in [4.78, 5) is 42.1. The molecule has 0 aliphatic rings. The smallest absolute Gasteiger partial charge is 0.435 e. The number of hydrogen-bond acceptors (Lipinski definition) is 5. The molecule has 244 valence electrons. The number of halogens is 1. The summed E-state index contributed by atoms with van der Waals surface area (Å²) < 4.78 is 5.16. The molecule has 0 spiro atoms. The molecule has 4 aromatic rings. The Hall–Kier alpha value is -4.99. The third-order valence-electron chi connectivity index (χ3n) is 7.48. The average molecular weight is 654 g/mol. The van der Waals surface area contributed by atoms with Crippen LogP contribution in [0.5, 0.6) is 0 Å². The quantitative estimate of drug-likeness (QED) is 0.101. The van der Waals surface area contributed by atoms with E-state index in [1.165, 1.54) is 0 Å². The number of nitrogens with two attached hydrogens (primary N) is 1. The fraction of sp³-hybridized carbons (Fsp3) is 0.243. The molecule has 0 fully saturated rings. The van der Waals surface area contributed by atoms with Gasteiger partial charge in [-0.25, -0.2) is 4.79 Å². The summed E-state index contributed by atoms with van der Waals surface area (Å²) >= 11 is 6.00. The van der Waals surface area contributed by atoms with Crippen LogP contribution in [-0.2, 0) is 40.3 Å². The highest BCUT2D eigenvalue weighted by atomic mass is 35.5. The third-order valence-corrected chi connectivity index (χ3v) is 7.74. The lowest BCUT2D eigenvalue weighted by atomic mass is 10.0. The summed E-state index contributed by atoms with van der Waals surface area (Å²) in [5, 5.41) is 9.78. The molecule has 10 heteroatoms. The number of carbonyl (C=O) groups excluding carboxylic acids is 3. The van der Waals surface area contributed by atoms with Gasteiger partial charge in [0.1, 0.15) is 18.5 Å². The Labute approximate surface area is 280 Å². The first-order valence-corrected chi connectivity index (χ1v) is 15.9. The van der Waals surface area contributed by atoms with Crippen molar-refractivity contribution in [1.82, 2.24) is 16.0 Å². The summed E-state index contributed by atoms with van der Waals surface area (Å²) in [5.41, 5.74) is 10.4. The van der Waals surface area contributed by atoms with Crippen LogP contribution in [0.4, 0.5) is 4.79 Å². The lowest BCUT2D eigenvalue weighted by molar-refractivity contribution is -0.129. The topological polar surface area (TPSA) is 135 Å². The minimum atomic E-state index is -0.780. The number of aliphatic imine (C=N–C) groups is 1. The molecule has 4 rings (SSSR count). The molecule has 3 amide bonds. The van der Waals surface area contributed by atoms with E-state index < -0.39 is 18.2 Å². The van der Waals surface area contributed by atoms with Crippen molar-refractivity contribution in [3.05, 3.63) is 142 Å². The zero-order valence-corrected chi connectivity index (χ0v) is 27.1. The zero-order chi connectivity index (χ0) is 33.4. The highest BCUT2D eigenvalue weighted by Crippen LogP contribution is 2.11. The van der Waals surface area contributed by atoms with Gasteiger partial charge in [-0.1, -0.05) is 109 Å². The fourth-order valence-electron chi connectivity index (χ4n) is 4.75. The number of rotatable bonds is 15. The van der Waals surface area contributed by atoms with Crippen molar-refractivity contribution < 1.29 is 19.1 Å². The lowest BCUT2D eigenvalue weighted by Gasteiger charge is -2.21. The number of benzene rings is 4. The van der Waals surface area contributed by atoms with Crippen LogP contribution in [0.25, 0.3) is 0 Å². The van der Waals surface area contributed by atoms with E-state index in [-0.39, 0.29) is 30.8 Å². The predicted octanol–water partition coefficient (Wildman–Crippen LogP) is 5.34. The number of amidine groups is 1. The molecule has 0 aliphatic heterocycles. The van der Waals surface area contributed by atoms with Gasteiger partial charge in [-0.05, 0) is 67.1 Å². The van der Waals surface area contributed by atoms with E-state index in [0.717, 1.165) is 28.7 Å². The van der Waals surface area contributed by atoms with Gasteiger partial charge >= 0.3 is 6.09 Å². The van der Waals surface area contributed by atoms with Crippen LogP contribution in [0.1, 0.15) is 41.2 Å². The van der Waals surface area contributed by atoms with Crippen molar-refractivity contribution in [3.63, 3.8) is 0 Å². The largest absolute Gasteiger partial charge is 0.443 e. The number of nitrogens with one attached hydrogen (secondary N) is 3. The molecule has 0 aliphatic carbocycles. The summed E-state index contributed by atoms with van der Waals surface area (Å²) in [6, 6.07) is 32.7. The Balaban J connectivity index is 1.25. The molecule has 9 nitrogen and oxygen atoms in total. The minimum absolute atomic E-state index is 0.0265.